The van der Waals surface area contributed by atoms with E-state index in [1.54, 1.807) is 11.3 Å². The smallest absolute Gasteiger partial charge is 0.147 e. The number of nitriles is 1. The van der Waals surface area contributed by atoms with Gasteiger partial charge < -0.3 is 5.32 Å². The molecule has 2 aromatic carbocycles. The van der Waals surface area contributed by atoms with Crippen LogP contribution in [0.5, 0.6) is 0 Å². The van der Waals surface area contributed by atoms with E-state index in [1.807, 2.05) is 54.6 Å². The number of hydrogen-bond acceptors (Lipinski definition) is 5. The summed E-state index contributed by atoms with van der Waals surface area (Å²) in [5, 5.41) is 22.8. The van der Waals surface area contributed by atoms with Crippen LogP contribution in [0.1, 0.15) is 29.1 Å². The van der Waals surface area contributed by atoms with Crippen molar-refractivity contribution in [2.75, 3.05) is 0 Å². The van der Waals surface area contributed by atoms with Gasteiger partial charge in [-0.2, -0.15) is 5.26 Å². The zero-order valence-electron chi connectivity index (χ0n) is 12.7. The van der Waals surface area contributed by atoms with Crippen molar-refractivity contribution >= 4 is 11.3 Å². The summed E-state index contributed by atoms with van der Waals surface area (Å²) in [5.74, 6) is 0. The molecule has 5 heteroatoms. The van der Waals surface area contributed by atoms with Gasteiger partial charge in [0.15, 0.2) is 0 Å². The molecule has 1 atom stereocenters. The maximum absolute atomic E-state index is 8.98. The van der Waals surface area contributed by atoms with Crippen molar-refractivity contribution in [3.8, 4) is 16.6 Å². The highest BCUT2D eigenvalue weighted by molar-refractivity contribution is 7.14. The van der Waals surface area contributed by atoms with E-state index in [1.165, 1.54) is 0 Å². The Morgan fingerprint density at radius 1 is 1.13 bits per heavy atom. The van der Waals surface area contributed by atoms with Crippen molar-refractivity contribution in [3.05, 3.63) is 70.7 Å². The number of aromatic nitrogens is 2. The van der Waals surface area contributed by atoms with Crippen LogP contribution in [0.4, 0.5) is 0 Å². The second-order valence-electron chi connectivity index (χ2n) is 5.21. The molecule has 0 aliphatic carbocycles. The Labute approximate surface area is 139 Å². The third kappa shape index (κ3) is 3.81. The number of benzene rings is 2. The SMILES string of the molecule is CC(NCc1nnc(-c2ccccc2)s1)c1cccc(C#N)c1. The molecular weight excluding hydrogens is 304 g/mol. The lowest BCUT2D eigenvalue weighted by Crippen LogP contribution is -2.18. The first kappa shape index (κ1) is 15.3. The molecule has 3 rings (SSSR count). The highest BCUT2D eigenvalue weighted by Gasteiger charge is 2.09. The van der Waals surface area contributed by atoms with Gasteiger partial charge in [-0.3, -0.25) is 0 Å². The lowest BCUT2D eigenvalue weighted by Gasteiger charge is -2.13. The summed E-state index contributed by atoms with van der Waals surface area (Å²) >= 11 is 1.59. The summed E-state index contributed by atoms with van der Waals surface area (Å²) in [6.45, 7) is 2.73. The molecule has 0 spiro atoms. The Hall–Kier alpha value is -2.55. The molecule has 23 heavy (non-hydrogen) atoms. The summed E-state index contributed by atoms with van der Waals surface area (Å²) in [4.78, 5) is 0. The molecule has 0 aliphatic heterocycles. The van der Waals surface area contributed by atoms with Crippen LogP contribution in [0.3, 0.4) is 0 Å². The van der Waals surface area contributed by atoms with Crippen molar-refractivity contribution in [1.82, 2.24) is 15.5 Å². The molecule has 0 aliphatic rings. The van der Waals surface area contributed by atoms with Crippen LogP contribution in [0, 0.1) is 11.3 Å². The van der Waals surface area contributed by atoms with Crippen LogP contribution in [0.15, 0.2) is 54.6 Å². The van der Waals surface area contributed by atoms with E-state index in [2.05, 4.69) is 28.5 Å². The van der Waals surface area contributed by atoms with Gasteiger partial charge >= 0.3 is 0 Å². The van der Waals surface area contributed by atoms with Gasteiger partial charge in [0.1, 0.15) is 10.0 Å². The number of nitrogens with one attached hydrogen (secondary N) is 1. The molecule has 0 saturated carbocycles. The topological polar surface area (TPSA) is 61.6 Å². The Kier molecular flexibility index (Phi) is 4.77. The average molecular weight is 320 g/mol. The van der Waals surface area contributed by atoms with Gasteiger partial charge in [-0.1, -0.05) is 53.8 Å². The minimum atomic E-state index is 0.146. The van der Waals surface area contributed by atoms with Crippen LogP contribution >= 0.6 is 11.3 Å². The van der Waals surface area contributed by atoms with Crippen LogP contribution in [-0.2, 0) is 6.54 Å². The summed E-state index contributed by atoms with van der Waals surface area (Å²) in [5.41, 5.74) is 2.86. The first-order valence-electron chi connectivity index (χ1n) is 7.37. The molecule has 0 bridgehead atoms. The summed E-state index contributed by atoms with van der Waals surface area (Å²) in [6, 6.07) is 20.0. The second kappa shape index (κ2) is 7.14. The van der Waals surface area contributed by atoms with Crippen LogP contribution in [-0.4, -0.2) is 10.2 Å². The van der Waals surface area contributed by atoms with Gasteiger partial charge in [0, 0.05) is 11.6 Å². The third-order valence-corrected chi connectivity index (χ3v) is 4.54. The predicted octanol–water partition coefficient (Wildman–Crippen LogP) is 3.93. The Morgan fingerprint density at radius 2 is 1.96 bits per heavy atom. The van der Waals surface area contributed by atoms with E-state index < -0.39 is 0 Å². The van der Waals surface area contributed by atoms with Crippen LogP contribution < -0.4 is 5.32 Å². The molecular formula is C18H16N4S. The van der Waals surface area contributed by atoms with E-state index in [-0.39, 0.29) is 6.04 Å². The van der Waals surface area contributed by atoms with E-state index in [0.29, 0.717) is 12.1 Å². The fourth-order valence-corrected chi connectivity index (χ4v) is 3.05. The first-order valence-corrected chi connectivity index (χ1v) is 8.19. The van der Waals surface area contributed by atoms with Gasteiger partial charge in [0.2, 0.25) is 0 Å². The molecule has 1 heterocycles. The van der Waals surface area contributed by atoms with E-state index in [9.17, 15) is 0 Å². The van der Waals surface area contributed by atoms with Gasteiger partial charge in [0.05, 0.1) is 18.2 Å². The maximum Gasteiger partial charge on any atom is 0.147 e. The fraction of sp³-hybridized carbons (Fsp3) is 0.167. The Balaban J connectivity index is 1.64. The zero-order valence-corrected chi connectivity index (χ0v) is 13.5. The summed E-state index contributed by atoms with van der Waals surface area (Å²) in [7, 11) is 0. The molecule has 0 radical (unpaired) electrons. The number of nitrogens with zero attached hydrogens (tertiary/aromatic N) is 3. The second-order valence-corrected chi connectivity index (χ2v) is 6.27. The molecule has 0 amide bonds. The molecule has 4 nitrogen and oxygen atoms in total. The normalized spacial score (nSPS) is 11.8. The average Bonchev–Trinajstić information content (AvgIpc) is 3.09. The molecule has 1 N–H and O–H groups in total. The van der Waals surface area contributed by atoms with Crippen molar-refractivity contribution in [2.24, 2.45) is 0 Å². The number of rotatable bonds is 5. The maximum atomic E-state index is 8.98. The van der Waals surface area contributed by atoms with Crippen LogP contribution in [0.25, 0.3) is 10.6 Å². The highest BCUT2D eigenvalue weighted by atomic mass is 32.1. The lowest BCUT2D eigenvalue weighted by atomic mass is 10.1. The quantitative estimate of drug-likeness (QED) is 0.774. The summed E-state index contributed by atoms with van der Waals surface area (Å²) < 4.78 is 0. The molecule has 1 aromatic heterocycles. The van der Waals surface area contributed by atoms with Gasteiger partial charge in [-0.15, -0.1) is 10.2 Å². The molecule has 0 saturated heterocycles. The van der Waals surface area contributed by atoms with E-state index in [0.717, 1.165) is 21.1 Å². The fourth-order valence-electron chi connectivity index (χ4n) is 2.26. The standard InChI is InChI=1S/C18H16N4S/c1-13(16-9-5-6-14(10-16)11-19)20-12-17-21-22-18(23-17)15-7-3-2-4-8-15/h2-10,13,20H,12H2,1H3. The molecule has 114 valence electrons. The third-order valence-electron chi connectivity index (χ3n) is 3.56. The first-order chi connectivity index (χ1) is 11.3. The molecule has 1 unspecified atom stereocenters. The van der Waals surface area contributed by atoms with Crippen molar-refractivity contribution < 1.29 is 0 Å². The largest absolute Gasteiger partial charge is 0.304 e. The Morgan fingerprint density at radius 3 is 2.74 bits per heavy atom. The molecule has 3 aromatic rings. The minimum Gasteiger partial charge on any atom is -0.304 e. The van der Waals surface area contributed by atoms with E-state index >= 15 is 0 Å². The van der Waals surface area contributed by atoms with E-state index in [4.69, 9.17) is 5.26 Å². The Bertz CT molecular complexity index is 820. The minimum absolute atomic E-state index is 0.146. The van der Waals surface area contributed by atoms with Gasteiger partial charge in [0.25, 0.3) is 0 Å². The van der Waals surface area contributed by atoms with Crippen molar-refractivity contribution in [1.29, 1.82) is 5.26 Å². The molecule has 0 fully saturated rings. The van der Waals surface area contributed by atoms with Crippen LogP contribution in [0.2, 0.25) is 0 Å². The van der Waals surface area contributed by atoms with Crippen molar-refractivity contribution in [2.45, 2.75) is 19.5 Å². The highest BCUT2D eigenvalue weighted by Crippen LogP contribution is 2.23. The lowest BCUT2D eigenvalue weighted by molar-refractivity contribution is 0.571. The summed E-state index contributed by atoms with van der Waals surface area (Å²) in [6.07, 6.45) is 0. The van der Waals surface area contributed by atoms with Gasteiger partial charge in [-0.25, -0.2) is 0 Å². The zero-order chi connectivity index (χ0) is 16.1. The van der Waals surface area contributed by atoms with Crippen molar-refractivity contribution in [3.63, 3.8) is 0 Å². The predicted molar refractivity (Wildman–Crippen MR) is 91.8 cm³/mol. The monoisotopic (exact) mass is 320 g/mol. The van der Waals surface area contributed by atoms with Gasteiger partial charge in [-0.05, 0) is 24.6 Å². The number of hydrogen-bond donors (Lipinski definition) is 1.